The molecule has 0 aliphatic rings. The molecule has 2 aromatic rings. The Labute approximate surface area is 137 Å². The third kappa shape index (κ3) is 3.92. The van der Waals surface area contributed by atoms with Gasteiger partial charge in [0.1, 0.15) is 0 Å². The molecule has 2 aromatic carbocycles. The summed E-state index contributed by atoms with van der Waals surface area (Å²) in [5.74, 6) is 0. The molecule has 0 unspecified atom stereocenters. The van der Waals surface area contributed by atoms with Crippen molar-refractivity contribution in [2.45, 2.75) is 0 Å². The molecule has 0 heterocycles. The zero-order valence-electron chi connectivity index (χ0n) is 11.1. The number of aliphatic imine (C=N–C) groups is 1. The van der Waals surface area contributed by atoms with E-state index in [-0.39, 0.29) is 0 Å². The van der Waals surface area contributed by atoms with E-state index >= 15 is 0 Å². The molecule has 3 nitrogen and oxygen atoms in total. The molecule has 0 radical (unpaired) electrons. The lowest BCUT2D eigenvalue weighted by atomic mass is 10.1. The van der Waals surface area contributed by atoms with Gasteiger partial charge in [-0.3, -0.25) is 0 Å². The lowest BCUT2D eigenvalue weighted by molar-refractivity contribution is 1.44. The predicted molar refractivity (Wildman–Crippen MR) is 92.1 cm³/mol. The lowest BCUT2D eigenvalue weighted by Gasteiger charge is -2.12. The van der Waals surface area contributed by atoms with E-state index in [9.17, 15) is 0 Å². The highest BCUT2D eigenvalue weighted by molar-refractivity contribution is 8.13. The Kier molecular flexibility index (Phi) is 5.51. The number of benzene rings is 2. The van der Waals surface area contributed by atoms with Crippen molar-refractivity contribution in [2.24, 2.45) is 4.99 Å². The van der Waals surface area contributed by atoms with Crippen LogP contribution >= 0.6 is 35.0 Å². The maximum absolute atomic E-state index is 8.60. The van der Waals surface area contributed by atoms with Crippen molar-refractivity contribution < 1.29 is 0 Å². The second kappa shape index (κ2) is 7.37. The van der Waals surface area contributed by atoms with E-state index in [1.807, 2.05) is 36.6 Å². The standard InChI is InChI=1S/C15H11Cl2N3S/c1-21-15(19-9-18)20-11-7-12(16)14(13(17)8-11)10-5-3-2-4-6-10/h2-8H,1H3,(H,19,20). The summed E-state index contributed by atoms with van der Waals surface area (Å²) in [5.41, 5.74) is 2.43. The maximum atomic E-state index is 8.60. The quantitative estimate of drug-likeness (QED) is 0.461. The van der Waals surface area contributed by atoms with Crippen LogP contribution in [0.5, 0.6) is 0 Å². The van der Waals surface area contributed by atoms with Crippen LogP contribution in [0, 0.1) is 11.5 Å². The van der Waals surface area contributed by atoms with Gasteiger partial charge in [-0.15, -0.1) is 4.99 Å². The summed E-state index contributed by atoms with van der Waals surface area (Å²) < 4.78 is 0. The van der Waals surface area contributed by atoms with Gasteiger partial charge in [0.15, 0.2) is 5.17 Å². The summed E-state index contributed by atoms with van der Waals surface area (Å²) in [4.78, 5) is 3.67. The first-order valence-electron chi connectivity index (χ1n) is 5.98. The third-order valence-corrected chi connectivity index (χ3v) is 3.88. The summed E-state index contributed by atoms with van der Waals surface area (Å²) in [7, 11) is 0. The smallest absolute Gasteiger partial charge is 0.208 e. The number of halogens is 2. The number of hydrogen-bond acceptors (Lipinski definition) is 3. The van der Waals surface area contributed by atoms with Gasteiger partial charge in [0.2, 0.25) is 6.19 Å². The molecule has 0 aliphatic carbocycles. The molecule has 0 spiro atoms. The minimum Gasteiger partial charge on any atom is -0.334 e. The number of amidine groups is 1. The first-order valence-corrected chi connectivity index (χ1v) is 7.96. The summed E-state index contributed by atoms with van der Waals surface area (Å²) >= 11 is 14.0. The molecule has 0 amide bonds. The summed E-state index contributed by atoms with van der Waals surface area (Å²) in [6, 6.07) is 13.2. The largest absolute Gasteiger partial charge is 0.334 e. The Morgan fingerprint density at radius 2 is 1.81 bits per heavy atom. The third-order valence-electron chi connectivity index (χ3n) is 2.70. The molecule has 0 aliphatic heterocycles. The molecule has 0 saturated heterocycles. The molecular weight excluding hydrogens is 325 g/mol. The van der Waals surface area contributed by atoms with Crippen LogP contribution in [-0.2, 0) is 0 Å². The second-order valence-corrected chi connectivity index (χ2v) is 5.64. The zero-order chi connectivity index (χ0) is 15.2. The molecule has 1 N–H and O–H groups in total. The summed E-state index contributed by atoms with van der Waals surface area (Å²) in [5, 5.41) is 13.2. The SMILES string of the molecule is CS/C(=N\C#N)Nc1cc(Cl)c(-c2ccccc2)c(Cl)c1. The molecule has 6 heteroatoms. The highest BCUT2D eigenvalue weighted by atomic mass is 35.5. The van der Waals surface area contributed by atoms with Crippen molar-refractivity contribution in [3.05, 3.63) is 52.5 Å². The van der Waals surface area contributed by atoms with Crippen LogP contribution in [0.4, 0.5) is 5.69 Å². The zero-order valence-corrected chi connectivity index (χ0v) is 13.4. The number of thioether (sulfide) groups is 1. The number of nitrogens with one attached hydrogen (secondary N) is 1. The summed E-state index contributed by atoms with van der Waals surface area (Å²) in [6.45, 7) is 0. The van der Waals surface area contributed by atoms with Gasteiger partial charge in [0.05, 0.1) is 10.0 Å². The molecule has 0 fully saturated rings. The number of anilines is 1. The van der Waals surface area contributed by atoms with E-state index in [2.05, 4.69) is 10.3 Å². The predicted octanol–water partition coefficient (Wildman–Crippen LogP) is 5.27. The van der Waals surface area contributed by atoms with Crippen LogP contribution in [0.1, 0.15) is 0 Å². The highest BCUT2D eigenvalue weighted by Crippen LogP contribution is 2.37. The lowest BCUT2D eigenvalue weighted by Crippen LogP contribution is -2.06. The highest BCUT2D eigenvalue weighted by Gasteiger charge is 2.11. The molecule has 0 saturated carbocycles. The minimum absolute atomic E-state index is 0.483. The van der Waals surface area contributed by atoms with Gasteiger partial charge in [-0.1, -0.05) is 65.3 Å². The monoisotopic (exact) mass is 335 g/mol. The fourth-order valence-electron chi connectivity index (χ4n) is 1.82. The van der Waals surface area contributed by atoms with Crippen molar-refractivity contribution >= 4 is 45.8 Å². The van der Waals surface area contributed by atoms with Gasteiger partial charge in [-0.25, -0.2) is 0 Å². The van der Waals surface area contributed by atoms with E-state index in [1.165, 1.54) is 11.8 Å². The summed E-state index contributed by atoms with van der Waals surface area (Å²) in [6.07, 6.45) is 3.57. The van der Waals surface area contributed by atoms with E-state index < -0.39 is 0 Å². The van der Waals surface area contributed by atoms with Crippen molar-refractivity contribution in [1.82, 2.24) is 0 Å². The fourth-order valence-corrected chi connectivity index (χ4v) is 2.88. The molecule has 106 valence electrons. The fraction of sp³-hybridized carbons (Fsp3) is 0.0667. The van der Waals surface area contributed by atoms with Crippen LogP contribution < -0.4 is 5.32 Å². The van der Waals surface area contributed by atoms with Gasteiger partial charge in [-0.2, -0.15) is 5.26 Å². The average molecular weight is 336 g/mol. The number of nitriles is 1. The molecule has 2 rings (SSSR count). The van der Waals surface area contributed by atoms with Crippen molar-refractivity contribution in [3.8, 4) is 17.3 Å². The minimum atomic E-state index is 0.483. The Balaban J connectivity index is 2.39. The van der Waals surface area contributed by atoms with Crippen LogP contribution in [0.2, 0.25) is 10.0 Å². The Hall–Kier alpha value is -1.67. The molecule has 0 aromatic heterocycles. The van der Waals surface area contributed by atoms with Gasteiger partial charge < -0.3 is 5.32 Å². The van der Waals surface area contributed by atoms with E-state index in [4.69, 9.17) is 28.5 Å². The van der Waals surface area contributed by atoms with Crippen LogP contribution in [0.15, 0.2) is 47.5 Å². The van der Waals surface area contributed by atoms with Crippen molar-refractivity contribution in [3.63, 3.8) is 0 Å². The normalized spacial score (nSPS) is 11.0. The second-order valence-electron chi connectivity index (χ2n) is 4.03. The van der Waals surface area contributed by atoms with Gasteiger partial charge >= 0.3 is 0 Å². The average Bonchev–Trinajstić information content (AvgIpc) is 2.47. The van der Waals surface area contributed by atoms with Crippen LogP contribution in [0.25, 0.3) is 11.1 Å². The first-order chi connectivity index (χ1) is 10.2. The van der Waals surface area contributed by atoms with E-state index in [1.54, 1.807) is 18.3 Å². The first kappa shape index (κ1) is 15.7. The Morgan fingerprint density at radius 1 is 1.19 bits per heavy atom. The van der Waals surface area contributed by atoms with Gasteiger partial charge in [0, 0.05) is 11.3 Å². The molecule has 0 atom stereocenters. The van der Waals surface area contributed by atoms with Crippen molar-refractivity contribution in [1.29, 1.82) is 5.26 Å². The number of rotatable bonds is 2. The van der Waals surface area contributed by atoms with E-state index in [0.29, 0.717) is 20.9 Å². The Bertz CT molecular complexity index is 686. The molecule has 0 bridgehead atoms. The topological polar surface area (TPSA) is 48.2 Å². The van der Waals surface area contributed by atoms with Crippen LogP contribution in [-0.4, -0.2) is 11.4 Å². The number of hydrogen-bond donors (Lipinski definition) is 1. The maximum Gasteiger partial charge on any atom is 0.208 e. The number of nitrogens with zero attached hydrogens (tertiary/aromatic N) is 2. The van der Waals surface area contributed by atoms with Gasteiger partial charge in [-0.05, 0) is 24.0 Å². The molecule has 21 heavy (non-hydrogen) atoms. The van der Waals surface area contributed by atoms with E-state index in [0.717, 1.165) is 11.1 Å². The van der Waals surface area contributed by atoms with Crippen molar-refractivity contribution in [2.75, 3.05) is 11.6 Å². The Morgan fingerprint density at radius 3 is 2.33 bits per heavy atom. The van der Waals surface area contributed by atoms with Crippen LogP contribution in [0.3, 0.4) is 0 Å². The van der Waals surface area contributed by atoms with Gasteiger partial charge in [0.25, 0.3) is 0 Å². The molecular formula is C15H11Cl2N3S.